The molecule has 0 heterocycles. The van der Waals surface area contributed by atoms with E-state index in [1.165, 1.54) is 12.3 Å². The third kappa shape index (κ3) is 3.23. The van der Waals surface area contributed by atoms with Gasteiger partial charge in [-0.25, -0.2) is 8.42 Å². The SMILES string of the molecule is CS(=O)(=O)c1cccc(O[C@@H]2CCCC[C@H]2O)c1. The second-order valence-corrected chi connectivity index (χ2v) is 6.77. The van der Waals surface area contributed by atoms with Gasteiger partial charge in [0.05, 0.1) is 11.0 Å². The van der Waals surface area contributed by atoms with E-state index in [2.05, 4.69) is 0 Å². The van der Waals surface area contributed by atoms with Crippen molar-refractivity contribution in [2.45, 2.75) is 42.8 Å². The van der Waals surface area contributed by atoms with Crippen LogP contribution in [0.15, 0.2) is 29.2 Å². The summed E-state index contributed by atoms with van der Waals surface area (Å²) in [6.07, 6.45) is 4.09. The molecular weight excluding hydrogens is 252 g/mol. The monoisotopic (exact) mass is 270 g/mol. The lowest BCUT2D eigenvalue weighted by Crippen LogP contribution is -2.34. The van der Waals surface area contributed by atoms with Crippen LogP contribution in [0, 0.1) is 0 Å². The minimum absolute atomic E-state index is 0.228. The Morgan fingerprint density at radius 3 is 2.67 bits per heavy atom. The molecule has 0 aliphatic heterocycles. The Hall–Kier alpha value is -1.07. The van der Waals surface area contributed by atoms with Gasteiger partial charge in [0.2, 0.25) is 0 Å². The van der Waals surface area contributed by atoms with Crippen LogP contribution in [0.3, 0.4) is 0 Å². The van der Waals surface area contributed by atoms with Crippen LogP contribution in [0.4, 0.5) is 0 Å². The zero-order valence-corrected chi connectivity index (χ0v) is 11.2. The fraction of sp³-hybridized carbons (Fsp3) is 0.538. The van der Waals surface area contributed by atoms with E-state index in [0.717, 1.165) is 25.7 Å². The van der Waals surface area contributed by atoms with Crippen molar-refractivity contribution in [1.82, 2.24) is 0 Å². The Kier molecular flexibility index (Phi) is 3.92. The maximum Gasteiger partial charge on any atom is 0.175 e. The lowest BCUT2D eigenvalue weighted by Gasteiger charge is -2.28. The van der Waals surface area contributed by atoms with Crippen LogP contribution in [-0.2, 0) is 9.84 Å². The molecule has 5 heteroatoms. The van der Waals surface area contributed by atoms with Crippen molar-refractivity contribution < 1.29 is 18.3 Å². The van der Waals surface area contributed by atoms with Gasteiger partial charge in [0.15, 0.2) is 9.84 Å². The van der Waals surface area contributed by atoms with Gasteiger partial charge in [0.1, 0.15) is 11.9 Å². The number of ether oxygens (including phenoxy) is 1. The third-order valence-electron chi connectivity index (χ3n) is 3.19. The molecule has 0 radical (unpaired) electrons. The van der Waals surface area contributed by atoms with Crippen LogP contribution in [-0.4, -0.2) is 32.0 Å². The Morgan fingerprint density at radius 1 is 1.28 bits per heavy atom. The predicted octanol–water partition coefficient (Wildman–Crippen LogP) is 1.77. The van der Waals surface area contributed by atoms with Gasteiger partial charge in [-0.2, -0.15) is 0 Å². The van der Waals surface area contributed by atoms with E-state index in [-0.39, 0.29) is 11.0 Å². The molecule has 1 aromatic rings. The highest BCUT2D eigenvalue weighted by molar-refractivity contribution is 7.90. The maximum atomic E-state index is 11.4. The summed E-state index contributed by atoms with van der Waals surface area (Å²) in [6, 6.07) is 6.42. The van der Waals surface area contributed by atoms with Crippen molar-refractivity contribution in [3.63, 3.8) is 0 Å². The van der Waals surface area contributed by atoms with E-state index in [9.17, 15) is 13.5 Å². The number of hydrogen-bond acceptors (Lipinski definition) is 4. The fourth-order valence-corrected chi connectivity index (χ4v) is 2.82. The van der Waals surface area contributed by atoms with Crippen LogP contribution >= 0.6 is 0 Å². The zero-order chi connectivity index (χ0) is 13.2. The van der Waals surface area contributed by atoms with Crippen molar-refractivity contribution in [2.75, 3.05) is 6.26 Å². The number of hydrogen-bond donors (Lipinski definition) is 1. The molecule has 0 unspecified atom stereocenters. The minimum Gasteiger partial charge on any atom is -0.488 e. The average molecular weight is 270 g/mol. The molecule has 100 valence electrons. The van der Waals surface area contributed by atoms with Gasteiger partial charge in [0, 0.05) is 6.26 Å². The topological polar surface area (TPSA) is 63.6 Å². The van der Waals surface area contributed by atoms with Crippen LogP contribution < -0.4 is 4.74 Å². The number of benzene rings is 1. The zero-order valence-electron chi connectivity index (χ0n) is 10.4. The van der Waals surface area contributed by atoms with E-state index in [1.807, 2.05) is 0 Å². The van der Waals surface area contributed by atoms with E-state index < -0.39 is 15.9 Å². The third-order valence-corrected chi connectivity index (χ3v) is 4.30. The number of sulfone groups is 1. The molecule has 1 fully saturated rings. The van der Waals surface area contributed by atoms with Crippen LogP contribution in [0.25, 0.3) is 0 Å². The first-order valence-electron chi connectivity index (χ1n) is 6.11. The summed E-state index contributed by atoms with van der Waals surface area (Å²) in [7, 11) is -3.22. The first-order valence-corrected chi connectivity index (χ1v) is 8.01. The highest BCUT2D eigenvalue weighted by Gasteiger charge is 2.24. The van der Waals surface area contributed by atoms with Crippen molar-refractivity contribution in [1.29, 1.82) is 0 Å². The molecule has 1 aliphatic rings. The molecule has 0 spiro atoms. The molecule has 0 amide bonds. The van der Waals surface area contributed by atoms with Crippen molar-refractivity contribution >= 4 is 9.84 Å². The number of aliphatic hydroxyl groups is 1. The molecular formula is C13H18O4S. The molecule has 0 saturated heterocycles. The average Bonchev–Trinajstić information content (AvgIpc) is 2.31. The smallest absolute Gasteiger partial charge is 0.175 e. The largest absolute Gasteiger partial charge is 0.488 e. The Labute approximate surface area is 108 Å². The standard InChI is InChI=1S/C13H18O4S/c1-18(15,16)11-6-4-5-10(9-11)17-13-8-3-2-7-12(13)14/h4-6,9,12-14H,2-3,7-8H2,1H3/t12-,13-/m1/s1. The van der Waals surface area contributed by atoms with Gasteiger partial charge < -0.3 is 9.84 Å². The quantitative estimate of drug-likeness (QED) is 0.909. The molecule has 1 aliphatic carbocycles. The molecule has 4 nitrogen and oxygen atoms in total. The Balaban J connectivity index is 2.14. The molecule has 2 rings (SSSR count). The second kappa shape index (κ2) is 5.28. The molecule has 0 aromatic heterocycles. The van der Waals surface area contributed by atoms with E-state index in [4.69, 9.17) is 4.74 Å². The summed E-state index contributed by atoms with van der Waals surface area (Å²) in [5.41, 5.74) is 0. The lowest BCUT2D eigenvalue weighted by atomic mass is 9.95. The van der Waals surface area contributed by atoms with Crippen LogP contribution in [0.5, 0.6) is 5.75 Å². The number of rotatable bonds is 3. The highest BCUT2D eigenvalue weighted by atomic mass is 32.2. The highest BCUT2D eigenvalue weighted by Crippen LogP contribution is 2.25. The molecule has 0 bridgehead atoms. The van der Waals surface area contributed by atoms with Gasteiger partial charge in [-0.05, 0) is 37.5 Å². The normalized spacial score (nSPS) is 24.8. The molecule has 2 atom stereocenters. The van der Waals surface area contributed by atoms with E-state index >= 15 is 0 Å². The van der Waals surface area contributed by atoms with Gasteiger partial charge >= 0.3 is 0 Å². The van der Waals surface area contributed by atoms with Crippen LogP contribution in [0.1, 0.15) is 25.7 Å². The van der Waals surface area contributed by atoms with Gasteiger partial charge in [-0.3, -0.25) is 0 Å². The van der Waals surface area contributed by atoms with E-state index in [1.54, 1.807) is 18.2 Å². The van der Waals surface area contributed by atoms with Crippen molar-refractivity contribution in [2.24, 2.45) is 0 Å². The van der Waals surface area contributed by atoms with Gasteiger partial charge in [-0.15, -0.1) is 0 Å². The van der Waals surface area contributed by atoms with Gasteiger partial charge in [0.25, 0.3) is 0 Å². The molecule has 1 aromatic carbocycles. The van der Waals surface area contributed by atoms with Gasteiger partial charge in [-0.1, -0.05) is 12.5 Å². The summed E-state index contributed by atoms with van der Waals surface area (Å²) >= 11 is 0. The summed E-state index contributed by atoms with van der Waals surface area (Å²) < 4.78 is 28.6. The predicted molar refractivity (Wildman–Crippen MR) is 68.4 cm³/mol. The van der Waals surface area contributed by atoms with Crippen LogP contribution in [0.2, 0.25) is 0 Å². The first kappa shape index (κ1) is 13.4. The minimum atomic E-state index is -3.22. The Bertz CT molecular complexity index is 509. The summed E-state index contributed by atoms with van der Waals surface area (Å²) in [6.45, 7) is 0. The Morgan fingerprint density at radius 2 is 2.00 bits per heavy atom. The maximum absolute atomic E-state index is 11.4. The molecule has 18 heavy (non-hydrogen) atoms. The van der Waals surface area contributed by atoms with E-state index in [0.29, 0.717) is 5.75 Å². The van der Waals surface area contributed by atoms with Crippen molar-refractivity contribution in [3.05, 3.63) is 24.3 Å². The summed E-state index contributed by atoms with van der Waals surface area (Å²) in [4.78, 5) is 0.241. The second-order valence-electron chi connectivity index (χ2n) is 4.76. The number of aliphatic hydroxyl groups excluding tert-OH is 1. The molecule has 1 N–H and O–H groups in total. The molecule has 1 saturated carbocycles. The summed E-state index contributed by atoms with van der Waals surface area (Å²) in [5, 5.41) is 9.82. The lowest BCUT2D eigenvalue weighted by molar-refractivity contribution is 0.00676. The summed E-state index contributed by atoms with van der Waals surface area (Å²) in [5.74, 6) is 0.504. The van der Waals surface area contributed by atoms with Crippen molar-refractivity contribution in [3.8, 4) is 5.75 Å². The first-order chi connectivity index (χ1) is 8.47. The fourth-order valence-electron chi connectivity index (χ4n) is 2.17.